The van der Waals surface area contributed by atoms with Crippen molar-refractivity contribution in [3.8, 4) is 5.75 Å². The van der Waals surface area contributed by atoms with Crippen molar-refractivity contribution in [3.05, 3.63) is 66.4 Å². The van der Waals surface area contributed by atoms with E-state index in [4.69, 9.17) is 4.74 Å². The average molecular weight is 405 g/mol. The molecule has 28 heavy (non-hydrogen) atoms. The molecule has 0 aliphatic carbocycles. The van der Waals surface area contributed by atoms with Crippen LogP contribution in [0.2, 0.25) is 0 Å². The summed E-state index contributed by atoms with van der Waals surface area (Å²) in [4.78, 5) is 10.6. The third-order valence-electron chi connectivity index (χ3n) is 3.94. The van der Waals surface area contributed by atoms with Gasteiger partial charge in [0.05, 0.1) is 12.8 Å². The molecule has 0 saturated carbocycles. The maximum absolute atomic E-state index is 13.5. The Morgan fingerprint density at radius 1 is 1.04 bits per heavy atom. The first-order valence-electron chi connectivity index (χ1n) is 8.51. The molecule has 3 rings (SSSR count). The zero-order chi connectivity index (χ0) is 20.1. The predicted octanol–water partition coefficient (Wildman–Crippen LogP) is 5.81. The van der Waals surface area contributed by atoms with Crippen molar-refractivity contribution in [2.75, 3.05) is 18.6 Å². The molecule has 0 unspecified atom stereocenters. The van der Waals surface area contributed by atoms with Crippen LogP contribution in [0.15, 0.2) is 70.7 Å². The van der Waals surface area contributed by atoms with Gasteiger partial charge in [-0.15, -0.1) is 0 Å². The number of hydrogen-bond acceptors (Lipinski definition) is 5. The summed E-state index contributed by atoms with van der Waals surface area (Å²) in [6, 6.07) is 16.1. The second-order valence-electron chi connectivity index (χ2n) is 5.72. The molecule has 8 heteroatoms. The van der Waals surface area contributed by atoms with Crippen LogP contribution in [0.25, 0.3) is 0 Å². The van der Waals surface area contributed by atoms with Crippen molar-refractivity contribution < 1.29 is 17.9 Å². The van der Waals surface area contributed by atoms with Gasteiger partial charge < -0.3 is 9.64 Å². The standard InChI is InChI=1S/C20H18F3N3OS/c1-3-26(16-11-7-8-12-17(16)27-2)19-24-13-15(20(21,22)23)18(25-19)28-14-9-5-4-6-10-14/h4-13H,3H2,1-2H3. The highest BCUT2D eigenvalue weighted by Crippen LogP contribution is 2.40. The van der Waals surface area contributed by atoms with Gasteiger partial charge >= 0.3 is 6.18 Å². The summed E-state index contributed by atoms with van der Waals surface area (Å²) in [7, 11) is 1.54. The minimum atomic E-state index is -4.54. The summed E-state index contributed by atoms with van der Waals surface area (Å²) in [5.41, 5.74) is -0.177. The highest BCUT2D eigenvalue weighted by Gasteiger charge is 2.36. The third-order valence-corrected chi connectivity index (χ3v) is 4.95. The van der Waals surface area contributed by atoms with E-state index in [2.05, 4.69) is 9.97 Å². The number of ether oxygens (including phenoxy) is 1. The largest absolute Gasteiger partial charge is 0.495 e. The molecular formula is C20H18F3N3OS. The fourth-order valence-corrected chi connectivity index (χ4v) is 3.55. The number of benzene rings is 2. The lowest BCUT2D eigenvalue weighted by atomic mass is 10.2. The number of alkyl halides is 3. The minimum Gasteiger partial charge on any atom is -0.495 e. The molecule has 0 amide bonds. The molecule has 1 aromatic heterocycles. The van der Waals surface area contributed by atoms with E-state index >= 15 is 0 Å². The molecule has 0 aliphatic heterocycles. The van der Waals surface area contributed by atoms with Crippen molar-refractivity contribution in [1.29, 1.82) is 0 Å². The molecule has 3 aromatic rings. The van der Waals surface area contributed by atoms with Crippen molar-refractivity contribution in [2.45, 2.75) is 23.0 Å². The van der Waals surface area contributed by atoms with Crippen LogP contribution >= 0.6 is 11.8 Å². The van der Waals surface area contributed by atoms with Gasteiger partial charge in [0.15, 0.2) is 0 Å². The van der Waals surface area contributed by atoms with Crippen LogP contribution in [0.3, 0.4) is 0 Å². The van der Waals surface area contributed by atoms with Crippen molar-refractivity contribution >= 4 is 23.4 Å². The van der Waals surface area contributed by atoms with Gasteiger partial charge in [-0.1, -0.05) is 42.1 Å². The Morgan fingerprint density at radius 3 is 2.36 bits per heavy atom. The van der Waals surface area contributed by atoms with Crippen LogP contribution in [0, 0.1) is 0 Å². The van der Waals surface area contributed by atoms with Crippen LogP contribution in [0.5, 0.6) is 5.75 Å². The minimum absolute atomic E-state index is 0.142. The van der Waals surface area contributed by atoms with Gasteiger partial charge in [0.25, 0.3) is 0 Å². The monoisotopic (exact) mass is 405 g/mol. The van der Waals surface area contributed by atoms with E-state index in [0.29, 0.717) is 22.9 Å². The van der Waals surface area contributed by atoms with Gasteiger partial charge in [0, 0.05) is 17.6 Å². The maximum Gasteiger partial charge on any atom is 0.420 e. The lowest BCUT2D eigenvalue weighted by Gasteiger charge is -2.24. The number of anilines is 2. The van der Waals surface area contributed by atoms with E-state index in [9.17, 15) is 13.2 Å². The fraction of sp³-hybridized carbons (Fsp3) is 0.200. The number of aromatic nitrogens is 2. The summed E-state index contributed by atoms with van der Waals surface area (Å²) in [6.45, 7) is 2.33. The molecule has 0 N–H and O–H groups in total. The number of hydrogen-bond donors (Lipinski definition) is 0. The maximum atomic E-state index is 13.5. The molecule has 1 heterocycles. The summed E-state index contributed by atoms with van der Waals surface area (Å²) in [5.74, 6) is 0.767. The van der Waals surface area contributed by atoms with Gasteiger partial charge in [0.2, 0.25) is 5.95 Å². The molecule has 0 atom stereocenters. The number of nitrogens with zero attached hydrogens (tertiary/aromatic N) is 3. The van der Waals surface area contributed by atoms with E-state index in [1.54, 1.807) is 41.3 Å². The van der Waals surface area contributed by atoms with Gasteiger partial charge in [-0.25, -0.2) is 9.97 Å². The lowest BCUT2D eigenvalue weighted by molar-refractivity contribution is -0.140. The van der Waals surface area contributed by atoms with Gasteiger partial charge in [-0.05, 0) is 31.2 Å². The molecule has 0 bridgehead atoms. The van der Waals surface area contributed by atoms with Crippen molar-refractivity contribution in [1.82, 2.24) is 9.97 Å². The number of methoxy groups -OCH3 is 1. The van der Waals surface area contributed by atoms with Gasteiger partial charge in [-0.2, -0.15) is 13.2 Å². The van der Waals surface area contributed by atoms with Crippen LogP contribution < -0.4 is 9.64 Å². The molecule has 0 radical (unpaired) electrons. The SMILES string of the molecule is CCN(c1ncc(C(F)(F)F)c(Sc2ccccc2)n1)c1ccccc1OC. The van der Waals surface area contributed by atoms with Crippen LogP contribution in [0.4, 0.5) is 24.8 Å². The van der Waals surface area contributed by atoms with E-state index < -0.39 is 11.7 Å². The molecule has 4 nitrogen and oxygen atoms in total. The highest BCUT2D eigenvalue weighted by atomic mass is 32.2. The molecular weight excluding hydrogens is 387 g/mol. The van der Waals surface area contributed by atoms with E-state index in [-0.39, 0.29) is 11.0 Å². The summed E-state index contributed by atoms with van der Waals surface area (Å²) >= 11 is 0.959. The fourth-order valence-electron chi connectivity index (χ4n) is 2.63. The topological polar surface area (TPSA) is 38.2 Å². The van der Waals surface area contributed by atoms with Crippen molar-refractivity contribution in [3.63, 3.8) is 0 Å². The zero-order valence-electron chi connectivity index (χ0n) is 15.3. The Hall–Kier alpha value is -2.74. The summed E-state index contributed by atoms with van der Waals surface area (Å²) in [6.07, 6.45) is -3.71. The Balaban J connectivity index is 2.07. The number of para-hydroxylation sites is 2. The van der Waals surface area contributed by atoms with Gasteiger partial charge in [-0.3, -0.25) is 0 Å². The lowest BCUT2D eigenvalue weighted by Crippen LogP contribution is -2.21. The third kappa shape index (κ3) is 4.39. The van der Waals surface area contributed by atoms with E-state index in [1.165, 1.54) is 7.11 Å². The normalized spacial score (nSPS) is 11.3. The molecule has 0 fully saturated rings. The Bertz CT molecular complexity index is 935. The van der Waals surface area contributed by atoms with Gasteiger partial charge in [0.1, 0.15) is 16.3 Å². The number of rotatable bonds is 6. The van der Waals surface area contributed by atoms with Crippen LogP contribution in [0.1, 0.15) is 12.5 Å². The second kappa shape index (κ2) is 8.52. The summed E-state index contributed by atoms with van der Waals surface area (Å²) < 4.78 is 45.8. The zero-order valence-corrected chi connectivity index (χ0v) is 16.1. The predicted molar refractivity (Wildman–Crippen MR) is 103 cm³/mol. The van der Waals surface area contributed by atoms with Crippen LogP contribution in [-0.4, -0.2) is 23.6 Å². The molecule has 146 valence electrons. The van der Waals surface area contributed by atoms with Crippen LogP contribution in [-0.2, 0) is 6.18 Å². The Kier molecular flexibility index (Phi) is 6.08. The van der Waals surface area contributed by atoms with E-state index in [0.717, 1.165) is 18.0 Å². The smallest absolute Gasteiger partial charge is 0.420 e. The second-order valence-corrected chi connectivity index (χ2v) is 6.78. The molecule has 0 aliphatic rings. The molecule has 0 saturated heterocycles. The number of halogens is 3. The van der Waals surface area contributed by atoms with E-state index in [1.807, 2.05) is 25.1 Å². The average Bonchev–Trinajstić information content (AvgIpc) is 2.69. The molecule has 2 aromatic carbocycles. The first-order valence-corrected chi connectivity index (χ1v) is 9.33. The Morgan fingerprint density at radius 2 is 1.71 bits per heavy atom. The van der Waals surface area contributed by atoms with Crippen molar-refractivity contribution in [2.24, 2.45) is 0 Å². The molecule has 0 spiro atoms. The summed E-state index contributed by atoms with van der Waals surface area (Å²) in [5, 5.41) is -0.142. The Labute approximate surface area is 165 Å². The first-order chi connectivity index (χ1) is 13.4. The quantitative estimate of drug-likeness (QED) is 0.484. The highest BCUT2D eigenvalue weighted by molar-refractivity contribution is 7.99. The first kappa shape index (κ1) is 20.0.